The summed E-state index contributed by atoms with van der Waals surface area (Å²) in [5.74, 6) is 0.791. The highest BCUT2D eigenvalue weighted by Crippen LogP contribution is 2.09. The number of hydrogen-bond acceptors (Lipinski definition) is 3. The largest absolute Gasteiger partial charge is 0.352 e. The average Bonchev–Trinajstić information content (AvgIpc) is 2.70. The fourth-order valence-electron chi connectivity index (χ4n) is 2.84. The molecular weight excluding hydrogens is 372 g/mol. The fraction of sp³-hybridized carbons (Fsp3) is 0.381. The second-order valence-corrected chi connectivity index (χ2v) is 8.63. The minimum Gasteiger partial charge on any atom is -0.352 e. The van der Waals surface area contributed by atoms with Gasteiger partial charge in [0.2, 0.25) is 10.0 Å². The van der Waals surface area contributed by atoms with E-state index in [1.54, 1.807) is 7.05 Å². The van der Waals surface area contributed by atoms with Gasteiger partial charge >= 0.3 is 0 Å². The van der Waals surface area contributed by atoms with Crippen LogP contribution >= 0.6 is 0 Å². The second-order valence-electron chi connectivity index (χ2n) is 6.71. The molecule has 2 rings (SSSR count). The molecule has 0 fully saturated rings. The van der Waals surface area contributed by atoms with Crippen LogP contribution in [-0.4, -0.2) is 40.4 Å². The maximum atomic E-state index is 11.6. The third-order valence-electron chi connectivity index (χ3n) is 4.57. The van der Waals surface area contributed by atoms with Crippen molar-refractivity contribution in [1.82, 2.24) is 14.9 Å². The van der Waals surface area contributed by atoms with Crippen molar-refractivity contribution in [1.29, 1.82) is 0 Å². The zero-order valence-corrected chi connectivity index (χ0v) is 17.9. The lowest BCUT2D eigenvalue weighted by atomic mass is 10.1. The number of nitrogens with one attached hydrogen (secondary N) is 2. The Morgan fingerprint density at radius 2 is 1.50 bits per heavy atom. The Balaban J connectivity index is 1.91. The van der Waals surface area contributed by atoms with Crippen molar-refractivity contribution in [3.63, 3.8) is 0 Å². The van der Waals surface area contributed by atoms with E-state index < -0.39 is 10.0 Å². The average molecular weight is 403 g/mol. The number of sulfonamides is 1. The molecule has 0 heterocycles. The van der Waals surface area contributed by atoms with Gasteiger partial charge in [0, 0.05) is 27.2 Å². The lowest BCUT2D eigenvalue weighted by molar-refractivity contribution is 0.476. The molecule has 0 aliphatic heterocycles. The van der Waals surface area contributed by atoms with Crippen LogP contribution in [0, 0.1) is 0 Å². The van der Waals surface area contributed by atoms with Gasteiger partial charge < -0.3 is 10.2 Å². The molecule has 28 heavy (non-hydrogen) atoms. The zero-order chi connectivity index (χ0) is 20.6. The number of aryl methyl sites for hydroxylation is 1. The highest BCUT2D eigenvalue weighted by atomic mass is 32.2. The molecule has 0 aliphatic rings. The van der Waals surface area contributed by atoms with Crippen molar-refractivity contribution in [2.75, 3.05) is 21.1 Å². The second kappa shape index (κ2) is 10.2. The van der Waals surface area contributed by atoms with Crippen LogP contribution in [0.25, 0.3) is 0 Å². The van der Waals surface area contributed by atoms with Gasteiger partial charge in [-0.15, -0.1) is 0 Å². The molecule has 0 bridgehead atoms. The monoisotopic (exact) mass is 402 g/mol. The molecule has 6 nitrogen and oxygen atoms in total. The SMILES string of the molecule is CCc1ccc(CN(C)C(=NC)NCc2ccc(CS(=O)(=O)NC)cc2)cc1. The first-order valence-electron chi connectivity index (χ1n) is 9.35. The Morgan fingerprint density at radius 1 is 0.964 bits per heavy atom. The van der Waals surface area contributed by atoms with Gasteiger partial charge in [0.25, 0.3) is 0 Å². The highest BCUT2D eigenvalue weighted by Gasteiger charge is 2.09. The van der Waals surface area contributed by atoms with Crippen LogP contribution in [-0.2, 0) is 35.3 Å². The lowest BCUT2D eigenvalue weighted by Crippen LogP contribution is -2.38. The van der Waals surface area contributed by atoms with E-state index in [0.717, 1.165) is 30.1 Å². The molecule has 7 heteroatoms. The highest BCUT2D eigenvalue weighted by molar-refractivity contribution is 7.88. The van der Waals surface area contributed by atoms with Crippen LogP contribution in [0.1, 0.15) is 29.2 Å². The van der Waals surface area contributed by atoms with Crippen LogP contribution in [0.5, 0.6) is 0 Å². The number of nitrogens with zero attached hydrogens (tertiary/aromatic N) is 2. The first-order valence-corrected chi connectivity index (χ1v) is 11.0. The van der Waals surface area contributed by atoms with Gasteiger partial charge in [0.15, 0.2) is 5.96 Å². The van der Waals surface area contributed by atoms with Crippen molar-refractivity contribution >= 4 is 16.0 Å². The maximum absolute atomic E-state index is 11.6. The first kappa shape index (κ1) is 21.9. The number of guanidine groups is 1. The van der Waals surface area contributed by atoms with Gasteiger partial charge in [-0.25, -0.2) is 13.1 Å². The summed E-state index contributed by atoms with van der Waals surface area (Å²) in [5, 5.41) is 3.35. The number of benzene rings is 2. The standard InChI is InChI=1S/C21H30N4O2S/c1-5-17-6-10-19(11-7-17)15-25(4)21(22-2)24-14-18-8-12-20(13-9-18)16-28(26,27)23-3/h6-13,23H,5,14-16H2,1-4H3,(H,22,24). The lowest BCUT2D eigenvalue weighted by Gasteiger charge is -2.22. The van der Waals surface area contributed by atoms with E-state index >= 15 is 0 Å². The van der Waals surface area contributed by atoms with E-state index in [9.17, 15) is 8.42 Å². The van der Waals surface area contributed by atoms with Gasteiger partial charge in [-0.1, -0.05) is 55.5 Å². The Bertz CT molecular complexity index is 876. The van der Waals surface area contributed by atoms with Crippen LogP contribution in [0.2, 0.25) is 0 Å². The van der Waals surface area contributed by atoms with Crippen LogP contribution in [0.15, 0.2) is 53.5 Å². The smallest absolute Gasteiger partial charge is 0.215 e. The molecule has 0 saturated heterocycles. The normalized spacial score (nSPS) is 12.1. The van der Waals surface area contributed by atoms with E-state index in [2.05, 4.69) is 51.1 Å². The minimum absolute atomic E-state index is 0.0154. The van der Waals surface area contributed by atoms with Crippen molar-refractivity contribution in [3.8, 4) is 0 Å². The molecular formula is C21H30N4O2S. The third kappa shape index (κ3) is 6.65. The van der Waals surface area contributed by atoms with Gasteiger partial charge in [0.1, 0.15) is 0 Å². The number of hydrogen-bond donors (Lipinski definition) is 2. The molecule has 0 aliphatic carbocycles. The van der Waals surface area contributed by atoms with Gasteiger partial charge in [-0.3, -0.25) is 4.99 Å². The van der Waals surface area contributed by atoms with Crippen molar-refractivity contribution in [3.05, 3.63) is 70.8 Å². The van der Waals surface area contributed by atoms with Crippen LogP contribution < -0.4 is 10.0 Å². The summed E-state index contributed by atoms with van der Waals surface area (Å²) in [4.78, 5) is 6.43. The van der Waals surface area contributed by atoms with Gasteiger partial charge in [-0.2, -0.15) is 0 Å². The van der Waals surface area contributed by atoms with Crippen molar-refractivity contribution in [2.24, 2.45) is 4.99 Å². The summed E-state index contributed by atoms with van der Waals surface area (Å²) in [5.41, 5.74) is 4.39. The Labute approximate surface area is 168 Å². The molecule has 2 N–H and O–H groups in total. The molecule has 2 aromatic carbocycles. The molecule has 2 aromatic rings. The Hall–Kier alpha value is -2.38. The van der Waals surface area contributed by atoms with Crippen LogP contribution in [0.3, 0.4) is 0 Å². The van der Waals surface area contributed by atoms with Crippen molar-refractivity contribution in [2.45, 2.75) is 32.2 Å². The van der Waals surface area contributed by atoms with E-state index in [1.165, 1.54) is 18.2 Å². The molecule has 0 amide bonds. The fourth-order valence-corrected chi connectivity index (χ4v) is 3.62. The van der Waals surface area contributed by atoms with Gasteiger partial charge in [-0.05, 0) is 35.7 Å². The zero-order valence-electron chi connectivity index (χ0n) is 17.1. The first-order chi connectivity index (χ1) is 13.4. The van der Waals surface area contributed by atoms with E-state index in [1.807, 2.05) is 31.3 Å². The summed E-state index contributed by atoms with van der Waals surface area (Å²) in [6.07, 6.45) is 1.04. The molecule has 152 valence electrons. The van der Waals surface area contributed by atoms with E-state index in [0.29, 0.717) is 6.54 Å². The number of aliphatic imine (C=N–C) groups is 1. The summed E-state index contributed by atoms with van der Waals surface area (Å²) >= 11 is 0. The predicted octanol–water partition coefficient (Wildman–Crippen LogP) is 2.51. The quantitative estimate of drug-likeness (QED) is 0.526. The molecule has 0 unspecified atom stereocenters. The molecule has 0 atom stereocenters. The predicted molar refractivity (Wildman–Crippen MR) is 116 cm³/mol. The molecule has 0 spiro atoms. The van der Waals surface area contributed by atoms with Gasteiger partial charge in [0.05, 0.1) is 5.75 Å². The molecule has 0 radical (unpaired) electrons. The topological polar surface area (TPSA) is 73.8 Å². The number of rotatable bonds is 8. The Kier molecular flexibility index (Phi) is 8.02. The summed E-state index contributed by atoms with van der Waals surface area (Å²) in [6.45, 7) is 3.54. The Morgan fingerprint density at radius 3 is 2.04 bits per heavy atom. The van der Waals surface area contributed by atoms with Crippen molar-refractivity contribution < 1.29 is 8.42 Å². The van der Waals surface area contributed by atoms with E-state index in [4.69, 9.17) is 0 Å². The summed E-state index contributed by atoms with van der Waals surface area (Å²) in [6, 6.07) is 16.2. The van der Waals surface area contributed by atoms with Crippen LogP contribution in [0.4, 0.5) is 0 Å². The van der Waals surface area contributed by atoms with E-state index in [-0.39, 0.29) is 5.75 Å². The molecule has 0 aromatic heterocycles. The summed E-state index contributed by atoms with van der Waals surface area (Å²) in [7, 11) is 1.95. The summed E-state index contributed by atoms with van der Waals surface area (Å²) < 4.78 is 25.6. The molecule has 0 saturated carbocycles. The minimum atomic E-state index is -3.25. The maximum Gasteiger partial charge on any atom is 0.215 e. The third-order valence-corrected chi connectivity index (χ3v) is 5.90.